The van der Waals surface area contributed by atoms with Crippen LogP contribution in [0.1, 0.15) is 5.69 Å². The number of likely N-dealkylation sites (N-methyl/N-ethyl adjacent to an activating group) is 2. The van der Waals surface area contributed by atoms with Gasteiger partial charge in [0.15, 0.2) is 0 Å². The second-order valence-corrected chi connectivity index (χ2v) is 4.30. The Morgan fingerprint density at radius 3 is 2.69 bits per heavy atom. The summed E-state index contributed by atoms with van der Waals surface area (Å²) < 4.78 is 1.79. The molecule has 16 heavy (non-hydrogen) atoms. The lowest BCUT2D eigenvalue weighted by Crippen LogP contribution is -2.28. The van der Waals surface area contributed by atoms with Crippen LogP contribution in [-0.4, -0.2) is 65.6 Å². The van der Waals surface area contributed by atoms with Gasteiger partial charge in [0.25, 0.3) is 0 Å². The van der Waals surface area contributed by atoms with Gasteiger partial charge in [0.2, 0.25) is 0 Å². The van der Waals surface area contributed by atoms with Crippen molar-refractivity contribution in [1.29, 1.82) is 0 Å². The first-order valence-corrected chi connectivity index (χ1v) is 5.54. The number of nitrogens with zero attached hydrogens (tertiary/aromatic N) is 5. The minimum absolute atomic E-state index is 0.596. The topological polar surface area (TPSA) is 63.2 Å². The van der Waals surface area contributed by atoms with Crippen molar-refractivity contribution in [3.05, 3.63) is 11.9 Å². The number of nitrogens with two attached hydrogens (primary N) is 1. The molecule has 0 radical (unpaired) electrons. The van der Waals surface area contributed by atoms with E-state index in [-0.39, 0.29) is 0 Å². The van der Waals surface area contributed by atoms with Gasteiger partial charge in [-0.05, 0) is 21.1 Å². The zero-order valence-electron chi connectivity index (χ0n) is 10.4. The van der Waals surface area contributed by atoms with Crippen LogP contribution in [0.25, 0.3) is 0 Å². The van der Waals surface area contributed by atoms with Crippen molar-refractivity contribution >= 4 is 0 Å². The summed E-state index contributed by atoms with van der Waals surface area (Å²) in [6.07, 6.45) is 1.96. The Labute approximate surface area is 97.0 Å². The summed E-state index contributed by atoms with van der Waals surface area (Å²) in [4.78, 5) is 4.40. The summed E-state index contributed by atoms with van der Waals surface area (Å²) >= 11 is 0. The molecular weight excluding hydrogens is 204 g/mol. The molecule has 6 heteroatoms. The smallest absolute Gasteiger partial charge is 0.0967 e. The molecule has 0 spiro atoms. The Balaban J connectivity index is 2.34. The van der Waals surface area contributed by atoms with E-state index in [1.54, 1.807) is 4.68 Å². The minimum atomic E-state index is 0.596. The lowest BCUT2D eigenvalue weighted by Gasteiger charge is -2.17. The first kappa shape index (κ1) is 13.1. The van der Waals surface area contributed by atoms with E-state index < -0.39 is 0 Å². The van der Waals surface area contributed by atoms with Crippen LogP contribution in [-0.2, 0) is 13.1 Å². The van der Waals surface area contributed by atoms with Crippen LogP contribution < -0.4 is 5.73 Å². The lowest BCUT2D eigenvalue weighted by molar-refractivity contribution is 0.274. The van der Waals surface area contributed by atoms with Crippen molar-refractivity contribution in [1.82, 2.24) is 24.8 Å². The summed E-state index contributed by atoms with van der Waals surface area (Å²) in [5, 5.41) is 8.11. The molecule has 0 aliphatic rings. The maximum atomic E-state index is 5.45. The molecular formula is C10H22N6. The van der Waals surface area contributed by atoms with Gasteiger partial charge in [-0.15, -0.1) is 5.10 Å². The second kappa shape index (κ2) is 6.57. The van der Waals surface area contributed by atoms with Gasteiger partial charge in [0, 0.05) is 32.4 Å². The summed E-state index contributed by atoms with van der Waals surface area (Å²) in [5.41, 5.74) is 6.44. The first-order valence-electron chi connectivity index (χ1n) is 5.54. The van der Waals surface area contributed by atoms with Crippen LogP contribution in [0.3, 0.4) is 0 Å². The largest absolute Gasteiger partial charge is 0.329 e. The van der Waals surface area contributed by atoms with Crippen LogP contribution in [0.2, 0.25) is 0 Å². The zero-order valence-corrected chi connectivity index (χ0v) is 10.4. The molecule has 0 fully saturated rings. The molecule has 0 amide bonds. The Morgan fingerprint density at radius 2 is 2.06 bits per heavy atom. The van der Waals surface area contributed by atoms with E-state index in [4.69, 9.17) is 5.73 Å². The number of rotatable bonds is 7. The van der Waals surface area contributed by atoms with Crippen LogP contribution in [0.15, 0.2) is 6.20 Å². The minimum Gasteiger partial charge on any atom is -0.329 e. The standard InChI is InChI=1S/C10H22N6/c1-14(2)6-7-15(3)8-10-9-16(5-4-11)13-12-10/h9H,4-8,11H2,1-3H3. The first-order chi connectivity index (χ1) is 7.61. The summed E-state index contributed by atoms with van der Waals surface area (Å²) in [6, 6.07) is 0. The molecule has 1 heterocycles. The Hall–Kier alpha value is -0.980. The van der Waals surface area contributed by atoms with Gasteiger partial charge in [0.05, 0.1) is 12.2 Å². The van der Waals surface area contributed by atoms with Crippen molar-refractivity contribution in [2.75, 3.05) is 40.8 Å². The van der Waals surface area contributed by atoms with E-state index in [0.717, 1.165) is 31.9 Å². The molecule has 0 bridgehead atoms. The second-order valence-electron chi connectivity index (χ2n) is 4.30. The molecule has 0 aromatic carbocycles. The Bertz CT molecular complexity index is 295. The number of hydrogen-bond donors (Lipinski definition) is 1. The maximum absolute atomic E-state index is 5.45. The highest BCUT2D eigenvalue weighted by Gasteiger charge is 2.04. The van der Waals surface area contributed by atoms with E-state index in [0.29, 0.717) is 6.54 Å². The van der Waals surface area contributed by atoms with E-state index in [1.807, 2.05) is 6.20 Å². The van der Waals surface area contributed by atoms with Crippen molar-refractivity contribution in [2.45, 2.75) is 13.1 Å². The molecule has 92 valence electrons. The molecule has 6 nitrogen and oxygen atoms in total. The zero-order chi connectivity index (χ0) is 12.0. The van der Waals surface area contributed by atoms with Gasteiger partial charge in [-0.3, -0.25) is 9.58 Å². The highest BCUT2D eigenvalue weighted by atomic mass is 15.4. The molecule has 0 unspecified atom stereocenters. The van der Waals surface area contributed by atoms with Crippen LogP contribution in [0.4, 0.5) is 0 Å². The fourth-order valence-electron chi connectivity index (χ4n) is 1.38. The van der Waals surface area contributed by atoms with Gasteiger partial charge in [0.1, 0.15) is 0 Å². The normalized spacial score (nSPS) is 11.6. The van der Waals surface area contributed by atoms with Gasteiger partial charge in [-0.2, -0.15) is 0 Å². The molecule has 0 aliphatic heterocycles. The summed E-state index contributed by atoms with van der Waals surface area (Å²) in [5.74, 6) is 0. The fraction of sp³-hybridized carbons (Fsp3) is 0.800. The molecule has 0 saturated heterocycles. The van der Waals surface area contributed by atoms with E-state index in [9.17, 15) is 0 Å². The van der Waals surface area contributed by atoms with E-state index in [2.05, 4.69) is 41.3 Å². The fourth-order valence-corrected chi connectivity index (χ4v) is 1.38. The monoisotopic (exact) mass is 226 g/mol. The highest BCUT2D eigenvalue weighted by molar-refractivity contribution is 4.91. The molecule has 2 N–H and O–H groups in total. The van der Waals surface area contributed by atoms with Gasteiger partial charge >= 0.3 is 0 Å². The molecule has 1 rings (SSSR count). The van der Waals surface area contributed by atoms with Gasteiger partial charge in [-0.1, -0.05) is 5.21 Å². The summed E-state index contributed by atoms with van der Waals surface area (Å²) in [7, 11) is 6.24. The lowest BCUT2D eigenvalue weighted by atomic mass is 10.4. The van der Waals surface area contributed by atoms with Crippen molar-refractivity contribution < 1.29 is 0 Å². The van der Waals surface area contributed by atoms with Crippen molar-refractivity contribution in [2.24, 2.45) is 5.73 Å². The Morgan fingerprint density at radius 1 is 1.31 bits per heavy atom. The average molecular weight is 226 g/mol. The third-order valence-electron chi connectivity index (χ3n) is 2.31. The summed E-state index contributed by atoms with van der Waals surface area (Å²) in [6.45, 7) is 4.23. The predicted molar refractivity (Wildman–Crippen MR) is 64.0 cm³/mol. The van der Waals surface area contributed by atoms with E-state index >= 15 is 0 Å². The van der Waals surface area contributed by atoms with E-state index in [1.165, 1.54) is 0 Å². The quantitative estimate of drug-likeness (QED) is 0.661. The molecule has 0 atom stereocenters. The molecule has 0 saturated carbocycles. The molecule has 1 aromatic heterocycles. The van der Waals surface area contributed by atoms with Crippen molar-refractivity contribution in [3.8, 4) is 0 Å². The van der Waals surface area contributed by atoms with Crippen LogP contribution in [0.5, 0.6) is 0 Å². The van der Waals surface area contributed by atoms with Gasteiger partial charge < -0.3 is 10.6 Å². The Kier molecular flexibility index (Phi) is 5.37. The molecule has 0 aliphatic carbocycles. The third kappa shape index (κ3) is 4.69. The highest BCUT2D eigenvalue weighted by Crippen LogP contribution is 1.98. The maximum Gasteiger partial charge on any atom is 0.0967 e. The molecule has 1 aromatic rings. The van der Waals surface area contributed by atoms with Crippen LogP contribution in [0, 0.1) is 0 Å². The SMILES string of the molecule is CN(C)CCN(C)Cc1cn(CCN)nn1. The predicted octanol–water partition coefficient (Wildman–Crippen LogP) is -0.770. The van der Waals surface area contributed by atoms with Crippen molar-refractivity contribution in [3.63, 3.8) is 0 Å². The number of aromatic nitrogens is 3. The van der Waals surface area contributed by atoms with Gasteiger partial charge in [-0.25, -0.2) is 0 Å². The average Bonchev–Trinajstić information content (AvgIpc) is 2.63. The number of hydrogen-bond acceptors (Lipinski definition) is 5. The van der Waals surface area contributed by atoms with Crippen LogP contribution >= 0.6 is 0 Å². The third-order valence-corrected chi connectivity index (χ3v) is 2.31.